The first-order chi connectivity index (χ1) is 10.7. The van der Waals surface area contributed by atoms with Gasteiger partial charge in [0, 0.05) is 25.8 Å². The van der Waals surface area contributed by atoms with E-state index in [-0.39, 0.29) is 6.04 Å². The molecule has 0 radical (unpaired) electrons. The van der Waals surface area contributed by atoms with E-state index in [1.54, 1.807) is 0 Å². The maximum atomic E-state index is 12.9. The molecule has 1 aromatic rings. The number of alkyl halides is 3. The van der Waals surface area contributed by atoms with Crippen molar-refractivity contribution in [3.63, 3.8) is 0 Å². The van der Waals surface area contributed by atoms with Crippen LogP contribution in [0.15, 0.2) is 6.20 Å². The Hall–Kier alpha value is -1.57. The molecule has 0 aliphatic carbocycles. The minimum atomic E-state index is -4.64. The molecule has 0 spiro atoms. The van der Waals surface area contributed by atoms with Crippen LogP contribution in [-0.4, -0.2) is 46.3 Å². The van der Waals surface area contributed by atoms with Gasteiger partial charge >= 0.3 is 6.18 Å². The number of rotatable bonds is 5. The van der Waals surface area contributed by atoms with Crippen molar-refractivity contribution in [2.45, 2.75) is 38.9 Å². The van der Waals surface area contributed by atoms with E-state index in [4.69, 9.17) is 0 Å². The van der Waals surface area contributed by atoms with Gasteiger partial charge in [0.25, 0.3) is 5.91 Å². The summed E-state index contributed by atoms with van der Waals surface area (Å²) in [6.07, 6.45) is -1.28. The van der Waals surface area contributed by atoms with Crippen LogP contribution in [0.4, 0.5) is 13.2 Å². The molecule has 1 aliphatic rings. The first kappa shape index (κ1) is 17.8. The Kier molecular flexibility index (Phi) is 5.33. The summed E-state index contributed by atoms with van der Waals surface area (Å²) in [5.74, 6) is -0.417. The van der Waals surface area contributed by atoms with E-state index in [1.165, 1.54) is 7.05 Å². The van der Waals surface area contributed by atoms with Crippen molar-refractivity contribution in [3.8, 4) is 0 Å². The van der Waals surface area contributed by atoms with E-state index in [9.17, 15) is 18.0 Å². The molecule has 8 heteroatoms. The predicted octanol–water partition coefficient (Wildman–Crippen LogP) is 2.29. The summed E-state index contributed by atoms with van der Waals surface area (Å²) in [7, 11) is 1.37. The average molecular weight is 332 g/mol. The number of hydrogen-bond donors (Lipinski definition) is 1. The lowest BCUT2D eigenvalue weighted by Gasteiger charge is -2.31. The lowest BCUT2D eigenvalue weighted by molar-refractivity contribution is -0.141. The highest BCUT2D eigenvalue weighted by Crippen LogP contribution is 2.30. The summed E-state index contributed by atoms with van der Waals surface area (Å²) in [5.41, 5.74) is -1.57. The molecule has 1 amide bonds. The largest absolute Gasteiger partial charge is 0.435 e. The van der Waals surface area contributed by atoms with Crippen LogP contribution in [0.25, 0.3) is 0 Å². The van der Waals surface area contributed by atoms with Gasteiger partial charge in [-0.25, -0.2) is 0 Å². The number of aromatic nitrogens is 2. The van der Waals surface area contributed by atoms with Gasteiger partial charge in [-0.15, -0.1) is 0 Å². The number of carbonyl (C=O) groups is 1. The third-order valence-electron chi connectivity index (χ3n) is 4.19. The molecule has 0 saturated carbocycles. The van der Waals surface area contributed by atoms with Crippen LogP contribution < -0.4 is 5.32 Å². The second kappa shape index (κ2) is 6.90. The van der Waals surface area contributed by atoms with Crippen molar-refractivity contribution in [1.29, 1.82) is 0 Å². The highest BCUT2D eigenvalue weighted by atomic mass is 19.4. The van der Waals surface area contributed by atoms with E-state index in [2.05, 4.69) is 29.2 Å². The molecule has 1 fully saturated rings. The fourth-order valence-electron chi connectivity index (χ4n) is 3.02. The third kappa shape index (κ3) is 4.25. The second-order valence-electron chi connectivity index (χ2n) is 6.33. The smallest absolute Gasteiger partial charge is 0.350 e. The van der Waals surface area contributed by atoms with Gasteiger partial charge in [0.2, 0.25) is 0 Å². The predicted molar refractivity (Wildman–Crippen MR) is 80.0 cm³/mol. The molecule has 1 N–H and O–H groups in total. The number of nitrogens with one attached hydrogen (secondary N) is 1. The topological polar surface area (TPSA) is 50.2 Å². The fourth-order valence-corrected chi connectivity index (χ4v) is 3.02. The quantitative estimate of drug-likeness (QED) is 0.900. The maximum absolute atomic E-state index is 12.9. The Bertz CT molecular complexity index is 547. The molecule has 5 nitrogen and oxygen atoms in total. The zero-order chi connectivity index (χ0) is 17.2. The Balaban J connectivity index is 2.07. The molecule has 1 aromatic heterocycles. The zero-order valence-electron chi connectivity index (χ0n) is 13.7. The van der Waals surface area contributed by atoms with Crippen LogP contribution in [0.1, 0.15) is 42.7 Å². The molecule has 2 heterocycles. The summed E-state index contributed by atoms with van der Waals surface area (Å²) in [6, 6.07) is 0.132. The van der Waals surface area contributed by atoms with Crippen molar-refractivity contribution in [1.82, 2.24) is 20.0 Å². The molecule has 1 atom stereocenters. The standard InChI is InChI=1S/C15H23F3N4O/c1-10(2)12(22-6-4-5-7-22)8-19-14(23)11-9-21(3)20-13(11)15(16,17)18/h9-10,12H,4-8H2,1-3H3,(H,19,23). The highest BCUT2D eigenvalue weighted by molar-refractivity contribution is 5.95. The van der Waals surface area contributed by atoms with Gasteiger partial charge in [-0.05, 0) is 31.8 Å². The summed E-state index contributed by atoms with van der Waals surface area (Å²) in [4.78, 5) is 14.5. The van der Waals surface area contributed by atoms with Crippen LogP contribution in [0.5, 0.6) is 0 Å². The molecule has 2 rings (SSSR count). The van der Waals surface area contributed by atoms with E-state index in [1.807, 2.05) is 0 Å². The number of hydrogen-bond acceptors (Lipinski definition) is 3. The van der Waals surface area contributed by atoms with Gasteiger partial charge in [0.1, 0.15) is 0 Å². The van der Waals surface area contributed by atoms with E-state index in [0.29, 0.717) is 12.5 Å². The van der Waals surface area contributed by atoms with E-state index in [0.717, 1.165) is 36.8 Å². The Morgan fingerprint density at radius 3 is 2.48 bits per heavy atom. The van der Waals surface area contributed by atoms with Gasteiger partial charge < -0.3 is 5.32 Å². The number of amides is 1. The van der Waals surface area contributed by atoms with E-state index < -0.39 is 23.3 Å². The van der Waals surface area contributed by atoms with Crippen LogP contribution >= 0.6 is 0 Å². The van der Waals surface area contributed by atoms with E-state index >= 15 is 0 Å². The number of halogens is 3. The number of nitrogens with zero attached hydrogens (tertiary/aromatic N) is 3. The summed E-state index contributed by atoms with van der Waals surface area (Å²) >= 11 is 0. The normalized spacial score (nSPS) is 17.7. The van der Waals surface area contributed by atoms with Gasteiger partial charge in [-0.1, -0.05) is 13.8 Å². The molecule has 23 heavy (non-hydrogen) atoms. The fraction of sp³-hybridized carbons (Fsp3) is 0.733. The molecule has 0 aromatic carbocycles. The minimum Gasteiger partial charge on any atom is -0.350 e. The van der Waals surface area contributed by atoms with Gasteiger partial charge in [0.15, 0.2) is 5.69 Å². The molecule has 0 bridgehead atoms. The summed E-state index contributed by atoms with van der Waals surface area (Å²) in [5, 5.41) is 6.01. The molecule has 1 saturated heterocycles. The van der Waals surface area contributed by atoms with Gasteiger partial charge in [0.05, 0.1) is 5.56 Å². The lowest BCUT2D eigenvalue weighted by Crippen LogP contribution is -2.45. The van der Waals surface area contributed by atoms with Crippen molar-refractivity contribution in [2.24, 2.45) is 13.0 Å². The SMILES string of the molecule is CC(C)C(CNC(=O)c1cn(C)nc1C(F)(F)F)N1CCCC1. The first-order valence-corrected chi connectivity index (χ1v) is 7.83. The molecule has 1 unspecified atom stereocenters. The summed E-state index contributed by atoms with van der Waals surface area (Å²) < 4.78 is 39.8. The van der Waals surface area contributed by atoms with Gasteiger partial charge in [-0.3, -0.25) is 14.4 Å². The molecular weight excluding hydrogens is 309 g/mol. The number of likely N-dealkylation sites (tertiary alicyclic amines) is 1. The monoisotopic (exact) mass is 332 g/mol. The Labute approximate surface area is 133 Å². The lowest BCUT2D eigenvalue weighted by atomic mass is 10.0. The van der Waals surface area contributed by atoms with Crippen molar-refractivity contribution < 1.29 is 18.0 Å². The highest BCUT2D eigenvalue weighted by Gasteiger charge is 2.39. The first-order valence-electron chi connectivity index (χ1n) is 7.83. The van der Waals surface area contributed by atoms with Crippen LogP contribution in [-0.2, 0) is 13.2 Å². The number of carbonyl (C=O) groups excluding carboxylic acids is 1. The van der Waals surface area contributed by atoms with Crippen LogP contribution in [0, 0.1) is 5.92 Å². The van der Waals surface area contributed by atoms with Crippen molar-refractivity contribution in [3.05, 3.63) is 17.5 Å². The van der Waals surface area contributed by atoms with Crippen molar-refractivity contribution >= 4 is 5.91 Å². The molecule has 1 aliphatic heterocycles. The van der Waals surface area contributed by atoms with Crippen molar-refractivity contribution in [2.75, 3.05) is 19.6 Å². The zero-order valence-corrected chi connectivity index (χ0v) is 13.7. The van der Waals surface area contributed by atoms with Crippen LogP contribution in [0.2, 0.25) is 0 Å². The number of aryl methyl sites for hydroxylation is 1. The average Bonchev–Trinajstić information content (AvgIpc) is 3.07. The second-order valence-corrected chi connectivity index (χ2v) is 6.33. The third-order valence-corrected chi connectivity index (χ3v) is 4.19. The summed E-state index contributed by atoms with van der Waals surface area (Å²) in [6.45, 7) is 6.39. The Morgan fingerprint density at radius 1 is 1.35 bits per heavy atom. The molecular formula is C15H23F3N4O. The maximum Gasteiger partial charge on any atom is 0.435 e. The van der Waals surface area contributed by atoms with Gasteiger partial charge in [-0.2, -0.15) is 18.3 Å². The minimum absolute atomic E-state index is 0.132. The van der Waals surface area contributed by atoms with Crippen LogP contribution in [0.3, 0.4) is 0 Å². The molecule has 130 valence electrons. The Morgan fingerprint density at radius 2 is 1.96 bits per heavy atom.